The topological polar surface area (TPSA) is 69.9 Å². The smallest absolute Gasteiger partial charge is 0.293 e. The molecular weight excluding hydrogens is 350 g/mol. The number of aliphatic imine (C=N–C) groups is 1. The largest absolute Gasteiger partial charge is 0.379 e. The highest BCUT2D eigenvalue weighted by Crippen LogP contribution is 2.39. The van der Waals surface area contributed by atoms with Crippen LogP contribution in [0.1, 0.15) is 38.5 Å². The number of allylic oxidation sites excluding steroid dienone is 1. The normalized spacial score (nSPS) is 32.4. The number of hydrogen-bond acceptors (Lipinski definition) is 7. The molecule has 3 heterocycles. The molecule has 1 amide bonds. The number of amides is 1. The van der Waals surface area contributed by atoms with Gasteiger partial charge >= 0.3 is 0 Å². The number of amidine groups is 1. The molecule has 1 unspecified atom stereocenters. The van der Waals surface area contributed by atoms with Gasteiger partial charge in [-0.2, -0.15) is 10.1 Å². The van der Waals surface area contributed by atoms with E-state index in [0.717, 1.165) is 50.8 Å². The van der Waals surface area contributed by atoms with Gasteiger partial charge in [0.25, 0.3) is 5.91 Å². The molecule has 2 saturated heterocycles. The summed E-state index contributed by atoms with van der Waals surface area (Å²) in [7, 11) is 0. The van der Waals surface area contributed by atoms with Gasteiger partial charge in [0.1, 0.15) is 0 Å². The second kappa shape index (κ2) is 7.88. The van der Waals surface area contributed by atoms with Crippen molar-refractivity contribution in [2.24, 2.45) is 21.1 Å². The van der Waals surface area contributed by atoms with Crippen LogP contribution in [0.5, 0.6) is 0 Å². The monoisotopic (exact) mass is 377 g/mol. The van der Waals surface area contributed by atoms with E-state index in [1.807, 2.05) is 4.31 Å². The van der Waals surface area contributed by atoms with Gasteiger partial charge in [0.2, 0.25) is 5.66 Å². The molecule has 4 rings (SSSR count). The van der Waals surface area contributed by atoms with Crippen molar-refractivity contribution in [2.45, 2.75) is 44.2 Å². The Balaban J connectivity index is 1.63. The fraction of sp³-hybridized carbons (Fsp3) is 0.778. The number of carbonyl (C=O) groups excluding carboxylic acids is 1. The second-order valence-corrected chi connectivity index (χ2v) is 8.03. The number of azo groups is 1. The third-order valence-electron chi connectivity index (χ3n) is 5.93. The van der Waals surface area contributed by atoms with E-state index in [9.17, 15) is 4.79 Å². The molecule has 1 aliphatic carbocycles. The maximum absolute atomic E-state index is 13.4. The van der Waals surface area contributed by atoms with Gasteiger partial charge in [-0.15, -0.1) is 5.11 Å². The Morgan fingerprint density at radius 1 is 1.15 bits per heavy atom. The summed E-state index contributed by atoms with van der Waals surface area (Å²) in [6.45, 7) is 4.34. The summed E-state index contributed by atoms with van der Waals surface area (Å²) >= 11 is 4.45. The molecule has 26 heavy (non-hydrogen) atoms. The number of piperidine rings is 1. The van der Waals surface area contributed by atoms with E-state index in [0.29, 0.717) is 32.1 Å². The summed E-state index contributed by atoms with van der Waals surface area (Å²) in [6.07, 6.45) is 8.21. The fourth-order valence-electron chi connectivity index (χ4n) is 4.43. The molecule has 7 nitrogen and oxygen atoms in total. The van der Waals surface area contributed by atoms with Gasteiger partial charge in [0.15, 0.2) is 5.84 Å². The summed E-state index contributed by atoms with van der Waals surface area (Å²) in [5.74, 6) is 0.504. The van der Waals surface area contributed by atoms with Gasteiger partial charge in [-0.3, -0.25) is 14.0 Å². The minimum absolute atomic E-state index is 0.117. The first-order valence-corrected chi connectivity index (χ1v) is 10.1. The standard InChI is InChI=1S/C18H27N5O2S/c24-17-18(22-10-12-25-13-11-22,15-6-8-23(26)9-7-15)21-20-16(19-17)14-4-2-1-3-5-14/h4,15,26H,1-3,5-13H2. The van der Waals surface area contributed by atoms with Crippen LogP contribution in [0, 0.1) is 5.92 Å². The third-order valence-corrected chi connectivity index (χ3v) is 6.33. The van der Waals surface area contributed by atoms with Crippen LogP contribution < -0.4 is 0 Å². The Morgan fingerprint density at radius 2 is 1.92 bits per heavy atom. The lowest BCUT2D eigenvalue weighted by molar-refractivity contribution is -0.140. The lowest BCUT2D eigenvalue weighted by atomic mass is 9.82. The number of rotatable bonds is 3. The summed E-state index contributed by atoms with van der Waals surface area (Å²) < 4.78 is 7.51. The average Bonchev–Trinajstić information content (AvgIpc) is 2.70. The number of nitrogens with zero attached hydrogens (tertiary/aromatic N) is 5. The second-order valence-electron chi connectivity index (χ2n) is 7.47. The van der Waals surface area contributed by atoms with Crippen LogP contribution >= 0.6 is 12.8 Å². The first-order chi connectivity index (χ1) is 12.7. The van der Waals surface area contributed by atoms with Gasteiger partial charge in [-0.05, 0) is 44.1 Å². The Bertz CT molecular complexity index is 635. The minimum atomic E-state index is -0.961. The molecular formula is C18H27N5O2S. The molecule has 0 radical (unpaired) electrons. The van der Waals surface area contributed by atoms with Crippen molar-refractivity contribution < 1.29 is 9.53 Å². The Hall–Kier alpha value is -1.09. The van der Waals surface area contributed by atoms with Crippen molar-refractivity contribution >= 4 is 24.6 Å². The molecule has 0 aromatic heterocycles. The van der Waals surface area contributed by atoms with Gasteiger partial charge in [-0.25, -0.2) is 0 Å². The molecule has 2 fully saturated rings. The fourth-order valence-corrected chi connectivity index (χ4v) is 4.66. The average molecular weight is 378 g/mol. The molecule has 0 spiro atoms. The number of hydrogen-bond donors (Lipinski definition) is 1. The molecule has 0 aromatic rings. The molecule has 0 N–H and O–H groups in total. The molecule has 3 aliphatic heterocycles. The Kier molecular flexibility index (Phi) is 5.54. The lowest BCUT2D eigenvalue weighted by Crippen LogP contribution is -2.62. The van der Waals surface area contributed by atoms with Crippen LogP contribution in [-0.4, -0.2) is 66.0 Å². The van der Waals surface area contributed by atoms with E-state index in [4.69, 9.17) is 9.85 Å². The molecule has 4 aliphatic rings. The van der Waals surface area contributed by atoms with Crippen LogP contribution in [-0.2, 0) is 9.53 Å². The predicted molar refractivity (Wildman–Crippen MR) is 102 cm³/mol. The molecule has 1 atom stereocenters. The van der Waals surface area contributed by atoms with Crippen molar-refractivity contribution in [3.8, 4) is 0 Å². The minimum Gasteiger partial charge on any atom is -0.379 e. The summed E-state index contributed by atoms with van der Waals surface area (Å²) in [4.78, 5) is 20.0. The van der Waals surface area contributed by atoms with Crippen LogP contribution in [0.3, 0.4) is 0 Å². The highest BCUT2D eigenvalue weighted by molar-refractivity contribution is 7.77. The quantitative estimate of drug-likeness (QED) is 0.767. The summed E-state index contributed by atoms with van der Waals surface area (Å²) in [5.41, 5.74) is 0.117. The van der Waals surface area contributed by atoms with E-state index in [2.05, 4.69) is 33.9 Å². The van der Waals surface area contributed by atoms with E-state index in [1.54, 1.807) is 0 Å². The first-order valence-electron chi connectivity index (χ1n) is 9.72. The van der Waals surface area contributed by atoms with Crippen molar-refractivity contribution in [3.63, 3.8) is 0 Å². The zero-order valence-corrected chi connectivity index (χ0v) is 16.0. The summed E-state index contributed by atoms with van der Waals surface area (Å²) in [5, 5.41) is 9.20. The van der Waals surface area contributed by atoms with Crippen molar-refractivity contribution in [1.82, 2.24) is 9.21 Å². The first kappa shape index (κ1) is 18.3. The molecule has 142 valence electrons. The van der Waals surface area contributed by atoms with E-state index in [-0.39, 0.29) is 11.8 Å². The predicted octanol–water partition coefficient (Wildman–Crippen LogP) is 2.46. The van der Waals surface area contributed by atoms with E-state index < -0.39 is 5.66 Å². The third kappa shape index (κ3) is 3.40. The zero-order chi connectivity index (χ0) is 18.0. The van der Waals surface area contributed by atoms with Crippen LogP contribution in [0.2, 0.25) is 0 Å². The highest BCUT2D eigenvalue weighted by Gasteiger charge is 2.53. The van der Waals surface area contributed by atoms with Crippen LogP contribution in [0.25, 0.3) is 0 Å². The van der Waals surface area contributed by atoms with Crippen molar-refractivity contribution in [1.29, 1.82) is 0 Å². The Morgan fingerprint density at radius 3 is 2.58 bits per heavy atom. The molecule has 8 heteroatoms. The van der Waals surface area contributed by atoms with Gasteiger partial charge in [-0.1, -0.05) is 18.9 Å². The number of thiol groups is 1. The zero-order valence-electron chi connectivity index (χ0n) is 15.1. The molecule has 0 bridgehead atoms. The summed E-state index contributed by atoms with van der Waals surface area (Å²) in [6, 6.07) is 0. The molecule has 0 aromatic carbocycles. The van der Waals surface area contributed by atoms with Crippen LogP contribution in [0.4, 0.5) is 0 Å². The highest BCUT2D eigenvalue weighted by atomic mass is 32.1. The van der Waals surface area contributed by atoms with Gasteiger partial charge < -0.3 is 4.74 Å². The van der Waals surface area contributed by atoms with Crippen molar-refractivity contribution in [3.05, 3.63) is 11.6 Å². The van der Waals surface area contributed by atoms with Crippen molar-refractivity contribution in [2.75, 3.05) is 39.4 Å². The molecule has 0 saturated carbocycles. The van der Waals surface area contributed by atoms with Crippen LogP contribution in [0.15, 0.2) is 26.9 Å². The van der Waals surface area contributed by atoms with E-state index >= 15 is 0 Å². The number of ether oxygens (including phenoxy) is 1. The number of carbonyl (C=O) groups is 1. The Labute approximate surface area is 160 Å². The maximum atomic E-state index is 13.4. The van der Waals surface area contributed by atoms with Gasteiger partial charge in [0.05, 0.1) is 13.2 Å². The van der Waals surface area contributed by atoms with E-state index in [1.165, 1.54) is 6.42 Å². The lowest BCUT2D eigenvalue weighted by Gasteiger charge is -2.46. The SMILES string of the molecule is O=C1N=C(C2=CCCCC2)N=NC1(C1CCN(S)CC1)N1CCOCC1. The van der Waals surface area contributed by atoms with Gasteiger partial charge in [0, 0.05) is 32.1 Å². The number of morpholine rings is 1. The maximum Gasteiger partial charge on any atom is 0.293 e.